The van der Waals surface area contributed by atoms with Gasteiger partial charge < -0.3 is 20.5 Å². The van der Waals surface area contributed by atoms with E-state index in [9.17, 15) is 5.11 Å². The number of hydrogen-bond donors (Lipinski definition) is 3. The van der Waals surface area contributed by atoms with Crippen LogP contribution >= 0.6 is 0 Å². The Kier molecular flexibility index (Phi) is 6.41. The summed E-state index contributed by atoms with van der Waals surface area (Å²) < 4.78 is 6.83. The van der Waals surface area contributed by atoms with E-state index in [1.54, 1.807) is 17.9 Å². The molecule has 8 heteroatoms. The Hall–Kier alpha value is -2.77. The number of nitrogens with zero attached hydrogens (tertiary/aromatic N) is 4. The maximum atomic E-state index is 9.62. The average molecular weight is 332 g/mol. The quantitative estimate of drug-likeness (QED) is 0.513. The van der Waals surface area contributed by atoms with Gasteiger partial charge in [0.05, 0.1) is 7.11 Å². The van der Waals surface area contributed by atoms with Gasteiger partial charge in [0.25, 0.3) is 0 Å². The van der Waals surface area contributed by atoms with Crippen molar-refractivity contribution in [2.45, 2.75) is 19.9 Å². The molecule has 1 heterocycles. The molecule has 3 N–H and O–H groups in total. The lowest BCUT2D eigenvalue weighted by Crippen LogP contribution is -2.38. The number of aryl methyl sites for hydroxylation is 1. The van der Waals surface area contributed by atoms with E-state index in [1.807, 2.05) is 26.1 Å². The minimum atomic E-state index is 0.146. The van der Waals surface area contributed by atoms with E-state index in [0.717, 1.165) is 30.3 Å². The molecule has 0 aliphatic heterocycles. The maximum Gasteiger partial charge on any atom is 0.191 e. The molecule has 1 aromatic carbocycles. The molecule has 0 aliphatic carbocycles. The van der Waals surface area contributed by atoms with Crippen molar-refractivity contribution in [1.29, 1.82) is 0 Å². The molecule has 0 amide bonds. The van der Waals surface area contributed by atoms with Crippen LogP contribution in [0.4, 0.5) is 0 Å². The van der Waals surface area contributed by atoms with Crippen molar-refractivity contribution < 1.29 is 9.84 Å². The van der Waals surface area contributed by atoms with Crippen molar-refractivity contribution in [2.75, 3.05) is 20.2 Å². The summed E-state index contributed by atoms with van der Waals surface area (Å²) >= 11 is 0. The number of aromatic nitrogens is 3. The zero-order valence-electron chi connectivity index (χ0n) is 14.3. The normalized spacial score (nSPS) is 11.4. The molecule has 0 radical (unpaired) electrons. The van der Waals surface area contributed by atoms with E-state index < -0.39 is 0 Å². The Morgan fingerprint density at radius 1 is 1.38 bits per heavy atom. The Balaban J connectivity index is 1.90. The highest BCUT2D eigenvalue weighted by atomic mass is 16.5. The minimum absolute atomic E-state index is 0.146. The van der Waals surface area contributed by atoms with Crippen molar-refractivity contribution in [1.82, 2.24) is 25.4 Å². The molecule has 2 rings (SSSR count). The Morgan fingerprint density at radius 2 is 2.21 bits per heavy atom. The van der Waals surface area contributed by atoms with Crippen LogP contribution in [0.2, 0.25) is 0 Å². The van der Waals surface area contributed by atoms with Crippen molar-refractivity contribution in [3.63, 3.8) is 0 Å². The summed E-state index contributed by atoms with van der Waals surface area (Å²) in [6.45, 7) is 3.96. The Labute approximate surface area is 141 Å². The molecule has 0 bridgehead atoms. The van der Waals surface area contributed by atoms with Crippen molar-refractivity contribution in [2.24, 2.45) is 12.0 Å². The molecule has 0 fully saturated rings. The summed E-state index contributed by atoms with van der Waals surface area (Å²) in [5.74, 6) is 2.16. The van der Waals surface area contributed by atoms with E-state index in [2.05, 4.69) is 25.7 Å². The molecule has 8 nitrogen and oxygen atoms in total. The maximum absolute atomic E-state index is 9.62. The third-order valence-electron chi connectivity index (χ3n) is 3.48. The van der Waals surface area contributed by atoms with Crippen LogP contribution in [0.3, 0.4) is 0 Å². The monoisotopic (exact) mass is 332 g/mol. The van der Waals surface area contributed by atoms with Crippen LogP contribution in [-0.4, -0.2) is 46.0 Å². The molecule has 130 valence electrons. The molecule has 0 atom stereocenters. The highest BCUT2D eigenvalue weighted by Crippen LogP contribution is 2.26. The zero-order valence-corrected chi connectivity index (χ0v) is 14.3. The van der Waals surface area contributed by atoms with Crippen LogP contribution in [0.25, 0.3) is 0 Å². The fraction of sp³-hybridized carbons (Fsp3) is 0.438. The van der Waals surface area contributed by atoms with Gasteiger partial charge in [-0.3, -0.25) is 4.68 Å². The van der Waals surface area contributed by atoms with Crippen LogP contribution < -0.4 is 15.4 Å². The summed E-state index contributed by atoms with van der Waals surface area (Å²) in [5, 5.41) is 20.1. The molecule has 0 aliphatic rings. The third-order valence-corrected chi connectivity index (χ3v) is 3.48. The van der Waals surface area contributed by atoms with Gasteiger partial charge in [0, 0.05) is 20.1 Å². The first-order valence-electron chi connectivity index (χ1n) is 7.85. The predicted molar refractivity (Wildman–Crippen MR) is 92.2 cm³/mol. The molecule has 1 aromatic heterocycles. The highest BCUT2D eigenvalue weighted by Gasteiger charge is 2.04. The molecule has 2 aromatic rings. The number of methoxy groups -OCH3 is 1. The van der Waals surface area contributed by atoms with Crippen molar-refractivity contribution >= 4 is 5.96 Å². The number of ether oxygens (including phenoxy) is 1. The van der Waals surface area contributed by atoms with Gasteiger partial charge in [-0.05, 0) is 31.0 Å². The lowest BCUT2D eigenvalue weighted by molar-refractivity contribution is 0.373. The molecule has 24 heavy (non-hydrogen) atoms. The van der Waals surface area contributed by atoms with E-state index in [0.29, 0.717) is 18.8 Å². The van der Waals surface area contributed by atoms with Crippen LogP contribution in [0.5, 0.6) is 11.5 Å². The van der Waals surface area contributed by atoms with Gasteiger partial charge >= 0.3 is 0 Å². The highest BCUT2D eigenvalue weighted by molar-refractivity contribution is 5.79. The number of phenols is 1. The van der Waals surface area contributed by atoms with Crippen molar-refractivity contribution in [3.05, 3.63) is 35.9 Å². The van der Waals surface area contributed by atoms with Gasteiger partial charge in [-0.15, -0.1) is 0 Å². The van der Waals surface area contributed by atoms with Gasteiger partial charge in [0.15, 0.2) is 17.5 Å². The lowest BCUT2D eigenvalue weighted by atomic mass is 10.1. The number of nitrogens with one attached hydrogen (secondary N) is 2. The summed E-state index contributed by atoms with van der Waals surface area (Å²) in [6.07, 6.45) is 2.30. The average Bonchev–Trinajstić information content (AvgIpc) is 2.99. The lowest BCUT2D eigenvalue weighted by Gasteiger charge is -2.12. The second-order valence-electron chi connectivity index (χ2n) is 5.18. The Bertz CT molecular complexity index is 683. The van der Waals surface area contributed by atoms with Gasteiger partial charge in [-0.1, -0.05) is 6.07 Å². The third kappa shape index (κ3) is 4.87. The predicted octanol–water partition coefficient (Wildman–Crippen LogP) is 0.827. The number of guanidine groups is 1. The number of benzene rings is 1. The summed E-state index contributed by atoms with van der Waals surface area (Å²) in [6, 6.07) is 5.35. The van der Waals surface area contributed by atoms with E-state index in [-0.39, 0.29) is 5.75 Å². The first-order chi connectivity index (χ1) is 11.6. The molecule has 0 spiro atoms. The van der Waals surface area contributed by atoms with Crippen molar-refractivity contribution in [3.8, 4) is 11.5 Å². The fourth-order valence-corrected chi connectivity index (χ4v) is 2.16. The first kappa shape index (κ1) is 17.6. The Morgan fingerprint density at radius 3 is 2.88 bits per heavy atom. The second kappa shape index (κ2) is 8.76. The van der Waals surface area contributed by atoms with Crippen LogP contribution in [0, 0.1) is 0 Å². The van der Waals surface area contributed by atoms with E-state index in [4.69, 9.17) is 4.74 Å². The van der Waals surface area contributed by atoms with Gasteiger partial charge in [-0.25, -0.2) is 9.98 Å². The largest absolute Gasteiger partial charge is 0.504 e. The second-order valence-corrected chi connectivity index (χ2v) is 5.18. The molecule has 0 saturated carbocycles. The molecular formula is C16H24N6O2. The summed E-state index contributed by atoms with van der Waals surface area (Å²) in [7, 11) is 3.38. The number of rotatable bonds is 7. The zero-order chi connectivity index (χ0) is 17.4. The first-order valence-corrected chi connectivity index (χ1v) is 7.85. The SMILES string of the molecule is CCNC(=NCc1ncnn1C)NCCc1ccc(O)c(OC)c1. The van der Waals surface area contributed by atoms with E-state index in [1.165, 1.54) is 6.33 Å². The number of aromatic hydroxyl groups is 1. The summed E-state index contributed by atoms with van der Waals surface area (Å²) in [5.41, 5.74) is 1.07. The number of hydrogen-bond acceptors (Lipinski definition) is 5. The van der Waals surface area contributed by atoms with Gasteiger partial charge in [0.2, 0.25) is 0 Å². The van der Waals surface area contributed by atoms with Crippen LogP contribution in [-0.2, 0) is 20.0 Å². The fourth-order valence-electron chi connectivity index (χ4n) is 2.16. The van der Waals surface area contributed by atoms with Gasteiger partial charge in [0.1, 0.15) is 18.7 Å². The molecular weight excluding hydrogens is 308 g/mol. The van der Waals surface area contributed by atoms with E-state index >= 15 is 0 Å². The molecule has 0 saturated heterocycles. The standard InChI is InChI=1S/C16H24N6O2/c1-4-17-16(19-10-15-20-11-21-22(15)2)18-8-7-12-5-6-13(23)14(9-12)24-3/h5-6,9,11,23H,4,7-8,10H2,1-3H3,(H2,17,18,19). The topological polar surface area (TPSA) is 96.6 Å². The number of aliphatic imine (C=N–C) groups is 1. The molecule has 0 unspecified atom stereocenters. The van der Waals surface area contributed by atoms with Crippen LogP contribution in [0.1, 0.15) is 18.3 Å². The van der Waals surface area contributed by atoms with Gasteiger partial charge in [-0.2, -0.15) is 5.10 Å². The number of phenolic OH excluding ortho intramolecular Hbond substituents is 1. The summed E-state index contributed by atoms with van der Waals surface area (Å²) in [4.78, 5) is 8.66. The van der Waals surface area contributed by atoms with Crippen LogP contribution in [0.15, 0.2) is 29.5 Å². The minimum Gasteiger partial charge on any atom is -0.504 e. The smallest absolute Gasteiger partial charge is 0.191 e.